The molecule has 1 aromatic heterocycles. The van der Waals surface area contributed by atoms with Crippen molar-refractivity contribution in [2.45, 2.75) is 26.6 Å². The van der Waals surface area contributed by atoms with Crippen molar-refractivity contribution in [1.82, 2.24) is 25.0 Å². The minimum Gasteiger partial charge on any atom is -0.454 e. The molecule has 31 heavy (non-hydrogen) atoms. The number of nitrogens with one attached hydrogen (secondary N) is 1. The molecule has 0 radical (unpaired) electrons. The van der Waals surface area contributed by atoms with E-state index in [0.29, 0.717) is 19.6 Å². The summed E-state index contributed by atoms with van der Waals surface area (Å²) in [6.07, 6.45) is 0. The van der Waals surface area contributed by atoms with Gasteiger partial charge in [0.25, 0.3) is 0 Å². The number of fused-ring (bicyclic) bond motifs is 1. The van der Waals surface area contributed by atoms with Crippen LogP contribution >= 0.6 is 24.0 Å². The minimum absolute atomic E-state index is 0. The molecule has 1 N–H and O–H groups in total. The van der Waals surface area contributed by atoms with Crippen LogP contribution in [0, 0.1) is 6.92 Å². The van der Waals surface area contributed by atoms with E-state index < -0.39 is 0 Å². The Bertz CT molecular complexity index is 1040. The fourth-order valence-electron chi connectivity index (χ4n) is 3.21. The lowest BCUT2D eigenvalue weighted by Crippen LogP contribution is -2.38. The van der Waals surface area contributed by atoms with Gasteiger partial charge >= 0.3 is 0 Å². The summed E-state index contributed by atoms with van der Waals surface area (Å²) < 4.78 is 12.9. The van der Waals surface area contributed by atoms with Gasteiger partial charge in [0, 0.05) is 20.6 Å². The normalized spacial score (nSPS) is 12.4. The van der Waals surface area contributed by atoms with E-state index in [1.165, 1.54) is 0 Å². The predicted molar refractivity (Wildman–Crippen MR) is 130 cm³/mol. The first-order valence-corrected chi connectivity index (χ1v) is 9.87. The zero-order valence-electron chi connectivity index (χ0n) is 17.9. The summed E-state index contributed by atoms with van der Waals surface area (Å²) in [7, 11) is 3.98. The Morgan fingerprint density at radius 1 is 1.10 bits per heavy atom. The lowest BCUT2D eigenvalue weighted by atomic mass is 10.2. The number of aliphatic imine (C=N–C) groups is 1. The summed E-state index contributed by atoms with van der Waals surface area (Å²) in [5, 5.41) is 11.8. The van der Waals surface area contributed by atoms with Crippen molar-refractivity contribution >= 4 is 29.9 Å². The lowest BCUT2D eigenvalue weighted by Gasteiger charge is -2.23. The van der Waals surface area contributed by atoms with Crippen molar-refractivity contribution in [2.75, 3.05) is 13.8 Å². The van der Waals surface area contributed by atoms with Crippen molar-refractivity contribution in [3.05, 3.63) is 71.3 Å². The third-order valence-corrected chi connectivity index (χ3v) is 5.06. The summed E-state index contributed by atoms with van der Waals surface area (Å²) in [4.78, 5) is 6.92. The molecule has 0 amide bonds. The second-order valence-corrected chi connectivity index (χ2v) is 7.25. The number of aromatic nitrogens is 3. The number of halogens is 1. The molecule has 1 aliphatic heterocycles. The minimum atomic E-state index is 0. The van der Waals surface area contributed by atoms with Crippen LogP contribution in [0.5, 0.6) is 11.5 Å². The number of guanidine groups is 1. The van der Waals surface area contributed by atoms with Gasteiger partial charge in [0.15, 0.2) is 23.3 Å². The first-order chi connectivity index (χ1) is 14.6. The molecule has 0 fully saturated rings. The van der Waals surface area contributed by atoms with E-state index in [4.69, 9.17) is 14.5 Å². The summed E-state index contributed by atoms with van der Waals surface area (Å²) in [6.45, 7) is 4.02. The molecule has 0 atom stereocenters. The van der Waals surface area contributed by atoms with Crippen molar-refractivity contribution in [2.24, 2.45) is 12.0 Å². The van der Waals surface area contributed by atoms with E-state index in [1.807, 2.05) is 62.0 Å². The van der Waals surface area contributed by atoms with Crippen LogP contribution in [0.3, 0.4) is 0 Å². The fraction of sp³-hybridized carbons (Fsp3) is 0.318. The number of hydrogen-bond donors (Lipinski definition) is 1. The zero-order valence-corrected chi connectivity index (χ0v) is 20.2. The van der Waals surface area contributed by atoms with E-state index in [2.05, 4.69) is 32.5 Å². The van der Waals surface area contributed by atoms with Gasteiger partial charge in [0.2, 0.25) is 6.79 Å². The fourth-order valence-corrected chi connectivity index (χ4v) is 3.21. The summed E-state index contributed by atoms with van der Waals surface area (Å²) in [5.74, 6) is 4.10. The molecule has 0 spiro atoms. The molecule has 0 bridgehead atoms. The van der Waals surface area contributed by atoms with E-state index in [-0.39, 0.29) is 30.8 Å². The van der Waals surface area contributed by atoms with E-state index in [0.717, 1.165) is 40.2 Å². The molecule has 9 heteroatoms. The van der Waals surface area contributed by atoms with Crippen molar-refractivity contribution in [3.63, 3.8) is 0 Å². The maximum Gasteiger partial charge on any atom is 0.231 e. The molecule has 2 aromatic carbocycles. The second kappa shape index (κ2) is 10.5. The third kappa shape index (κ3) is 5.66. The van der Waals surface area contributed by atoms with Crippen LogP contribution < -0.4 is 14.8 Å². The van der Waals surface area contributed by atoms with Crippen LogP contribution in [0.1, 0.15) is 22.8 Å². The summed E-state index contributed by atoms with van der Waals surface area (Å²) >= 11 is 0. The number of hydrogen-bond acceptors (Lipinski definition) is 5. The molecule has 1 aliphatic rings. The Labute approximate surface area is 199 Å². The maximum absolute atomic E-state index is 5.50. The summed E-state index contributed by atoms with van der Waals surface area (Å²) in [5.41, 5.74) is 2.27. The number of benzene rings is 2. The Hall–Kier alpha value is -2.82. The first-order valence-electron chi connectivity index (χ1n) is 9.87. The van der Waals surface area contributed by atoms with Gasteiger partial charge in [0.05, 0.1) is 13.1 Å². The highest BCUT2D eigenvalue weighted by molar-refractivity contribution is 14.0. The second-order valence-electron chi connectivity index (χ2n) is 7.25. The standard InChI is InChI=1S/C22H26N6O2.HI/c1-16-25-26-21(28(16)3)13-24-22(23-12-17-7-5-4-6-8-17)27(2)14-18-9-10-19-20(11-18)30-15-29-19;/h4-11H,12-15H2,1-3H3,(H,23,24);1H. The number of aryl methyl sites for hydroxylation is 1. The molecular weight excluding hydrogens is 507 g/mol. The summed E-state index contributed by atoms with van der Waals surface area (Å²) in [6, 6.07) is 16.2. The molecule has 0 saturated heterocycles. The van der Waals surface area contributed by atoms with Crippen molar-refractivity contribution in [3.8, 4) is 11.5 Å². The van der Waals surface area contributed by atoms with Gasteiger partial charge in [-0.25, -0.2) is 4.99 Å². The molecular formula is C22H27IN6O2. The molecule has 0 saturated carbocycles. The lowest BCUT2D eigenvalue weighted by molar-refractivity contribution is 0.174. The predicted octanol–water partition coefficient (Wildman–Crippen LogP) is 3.25. The molecule has 164 valence electrons. The number of ether oxygens (including phenoxy) is 2. The van der Waals surface area contributed by atoms with E-state index >= 15 is 0 Å². The van der Waals surface area contributed by atoms with Gasteiger partial charge in [-0.05, 0) is 30.2 Å². The SMILES string of the molecule is Cc1nnc(CNC(=NCc2ccccc2)N(C)Cc2ccc3c(c2)OCO3)n1C.I. The van der Waals surface area contributed by atoms with Gasteiger partial charge < -0.3 is 24.3 Å². The zero-order chi connectivity index (χ0) is 20.9. The highest BCUT2D eigenvalue weighted by atomic mass is 127. The average molecular weight is 534 g/mol. The quantitative estimate of drug-likeness (QED) is 0.298. The molecule has 8 nitrogen and oxygen atoms in total. The molecule has 3 aromatic rings. The highest BCUT2D eigenvalue weighted by Gasteiger charge is 2.15. The van der Waals surface area contributed by atoms with Crippen LogP contribution in [0.4, 0.5) is 0 Å². The van der Waals surface area contributed by atoms with Crippen LogP contribution in [0.2, 0.25) is 0 Å². The average Bonchev–Trinajstić information content (AvgIpc) is 3.35. The number of rotatable bonds is 6. The Morgan fingerprint density at radius 2 is 1.87 bits per heavy atom. The van der Waals surface area contributed by atoms with Crippen LogP contribution in [0.25, 0.3) is 0 Å². The van der Waals surface area contributed by atoms with E-state index in [9.17, 15) is 0 Å². The van der Waals surface area contributed by atoms with Gasteiger partial charge in [-0.15, -0.1) is 34.2 Å². The number of nitrogens with zero attached hydrogens (tertiary/aromatic N) is 5. The third-order valence-electron chi connectivity index (χ3n) is 5.06. The monoisotopic (exact) mass is 534 g/mol. The molecule has 0 aliphatic carbocycles. The molecule has 4 rings (SSSR count). The highest BCUT2D eigenvalue weighted by Crippen LogP contribution is 2.32. The van der Waals surface area contributed by atoms with Gasteiger partial charge in [-0.1, -0.05) is 36.4 Å². The van der Waals surface area contributed by atoms with Gasteiger partial charge in [-0.2, -0.15) is 0 Å². The van der Waals surface area contributed by atoms with Crippen LogP contribution in [-0.4, -0.2) is 39.5 Å². The van der Waals surface area contributed by atoms with Crippen molar-refractivity contribution < 1.29 is 9.47 Å². The van der Waals surface area contributed by atoms with Gasteiger partial charge in [0.1, 0.15) is 5.82 Å². The molecule has 2 heterocycles. The van der Waals surface area contributed by atoms with Crippen LogP contribution in [-0.2, 0) is 26.7 Å². The van der Waals surface area contributed by atoms with Crippen LogP contribution in [0.15, 0.2) is 53.5 Å². The smallest absolute Gasteiger partial charge is 0.231 e. The maximum atomic E-state index is 5.50. The first kappa shape index (κ1) is 22.9. The largest absolute Gasteiger partial charge is 0.454 e. The Balaban J connectivity index is 0.00000272. The van der Waals surface area contributed by atoms with Crippen molar-refractivity contribution in [1.29, 1.82) is 0 Å². The Kier molecular flexibility index (Phi) is 7.72. The van der Waals surface area contributed by atoms with Gasteiger partial charge in [-0.3, -0.25) is 0 Å². The van der Waals surface area contributed by atoms with E-state index in [1.54, 1.807) is 0 Å². The molecule has 0 unspecified atom stereocenters. The Morgan fingerprint density at radius 3 is 2.61 bits per heavy atom. The topological polar surface area (TPSA) is 76.8 Å².